The van der Waals surface area contributed by atoms with Gasteiger partial charge in [0, 0.05) is 5.92 Å². The molecular formula is C11H20O2. The van der Waals surface area contributed by atoms with Gasteiger partial charge in [-0.2, -0.15) is 0 Å². The lowest BCUT2D eigenvalue weighted by Crippen LogP contribution is -2.44. The van der Waals surface area contributed by atoms with Gasteiger partial charge in [-0.3, -0.25) is 0 Å². The molecule has 76 valence electrons. The van der Waals surface area contributed by atoms with Crippen LogP contribution in [-0.4, -0.2) is 22.4 Å². The van der Waals surface area contributed by atoms with E-state index in [9.17, 15) is 5.11 Å². The summed E-state index contributed by atoms with van der Waals surface area (Å²) in [6.45, 7) is 8.56. The van der Waals surface area contributed by atoms with Gasteiger partial charge in [0.25, 0.3) is 0 Å². The maximum atomic E-state index is 10.0. The summed E-state index contributed by atoms with van der Waals surface area (Å²) in [6.07, 6.45) is 1.85. The van der Waals surface area contributed by atoms with E-state index in [1.165, 1.54) is 0 Å². The largest absolute Gasteiger partial charge is 0.390 e. The molecule has 0 radical (unpaired) electrons. The second-order valence-corrected chi connectivity index (χ2v) is 5.26. The third-order valence-corrected chi connectivity index (χ3v) is 4.28. The Kier molecular flexibility index (Phi) is 1.81. The maximum Gasteiger partial charge on any atom is 0.0924 e. The summed E-state index contributed by atoms with van der Waals surface area (Å²) in [5.41, 5.74) is -0.308. The van der Waals surface area contributed by atoms with Crippen molar-refractivity contribution in [3.63, 3.8) is 0 Å². The third-order valence-electron chi connectivity index (χ3n) is 4.28. The molecule has 0 amide bonds. The highest BCUT2D eigenvalue weighted by atomic mass is 16.6. The number of fused-ring (bicyclic) bond motifs is 2. The highest BCUT2D eigenvalue weighted by molar-refractivity contribution is 5.12. The van der Waals surface area contributed by atoms with Crippen molar-refractivity contribution in [2.24, 2.45) is 11.8 Å². The van der Waals surface area contributed by atoms with E-state index in [1.807, 2.05) is 6.92 Å². The van der Waals surface area contributed by atoms with Crippen LogP contribution >= 0.6 is 0 Å². The molecular weight excluding hydrogens is 164 g/mol. The van der Waals surface area contributed by atoms with Crippen molar-refractivity contribution in [1.82, 2.24) is 0 Å². The van der Waals surface area contributed by atoms with Crippen LogP contribution in [-0.2, 0) is 4.74 Å². The minimum absolute atomic E-state index is 0.0475. The van der Waals surface area contributed by atoms with Gasteiger partial charge in [-0.25, -0.2) is 0 Å². The molecule has 0 aromatic rings. The van der Waals surface area contributed by atoms with E-state index in [2.05, 4.69) is 20.8 Å². The maximum absolute atomic E-state index is 10.0. The Balaban J connectivity index is 2.34. The first-order valence-electron chi connectivity index (χ1n) is 5.30. The lowest BCUT2D eigenvalue weighted by Gasteiger charge is -2.36. The molecule has 0 saturated carbocycles. The zero-order valence-corrected chi connectivity index (χ0v) is 9.00. The van der Waals surface area contributed by atoms with E-state index in [-0.39, 0.29) is 23.2 Å². The van der Waals surface area contributed by atoms with Gasteiger partial charge in [-0.05, 0) is 25.7 Å². The Bertz CT molecular complexity index is 226. The molecule has 2 fully saturated rings. The molecule has 2 aliphatic heterocycles. The fourth-order valence-electron chi connectivity index (χ4n) is 3.24. The van der Waals surface area contributed by atoms with Gasteiger partial charge in [0.2, 0.25) is 0 Å². The molecule has 2 bridgehead atoms. The number of rotatable bonds is 1. The Hall–Kier alpha value is -0.0800. The smallest absolute Gasteiger partial charge is 0.0924 e. The predicted octanol–water partition coefficient (Wildman–Crippen LogP) is 1.96. The first-order valence-corrected chi connectivity index (χ1v) is 5.30. The Morgan fingerprint density at radius 1 is 1.38 bits per heavy atom. The summed E-state index contributed by atoms with van der Waals surface area (Å²) in [5, 5.41) is 10.0. The van der Waals surface area contributed by atoms with Crippen LogP contribution < -0.4 is 0 Å². The summed E-state index contributed by atoms with van der Waals surface area (Å²) in [5.74, 6) is 0.785. The average Bonchev–Trinajstić information content (AvgIpc) is 2.50. The van der Waals surface area contributed by atoms with Gasteiger partial charge in [0.05, 0.1) is 17.3 Å². The molecule has 0 aromatic heterocycles. The van der Waals surface area contributed by atoms with E-state index in [0.717, 1.165) is 12.8 Å². The topological polar surface area (TPSA) is 29.5 Å². The summed E-state index contributed by atoms with van der Waals surface area (Å²) in [4.78, 5) is 0. The van der Waals surface area contributed by atoms with E-state index in [4.69, 9.17) is 4.74 Å². The van der Waals surface area contributed by atoms with Crippen LogP contribution in [0.3, 0.4) is 0 Å². The van der Waals surface area contributed by atoms with Crippen LogP contribution in [0.5, 0.6) is 0 Å². The van der Waals surface area contributed by atoms with Crippen molar-refractivity contribution in [3.8, 4) is 0 Å². The van der Waals surface area contributed by atoms with Gasteiger partial charge in [-0.1, -0.05) is 20.8 Å². The van der Waals surface area contributed by atoms with Gasteiger partial charge in [-0.15, -0.1) is 0 Å². The normalized spacial score (nSPS) is 54.9. The number of ether oxygens (including phenoxy) is 1. The van der Waals surface area contributed by atoms with E-state index < -0.39 is 0 Å². The van der Waals surface area contributed by atoms with Crippen LogP contribution in [0.25, 0.3) is 0 Å². The summed E-state index contributed by atoms with van der Waals surface area (Å²) >= 11 is 0. The molecule has 0 unspecified atom stereocenters. The molecule has 0 aliphatic carbocycles. The predicted molar refractivity (Wildman–Crippen MR) is 51.5 cm³/mol. The number of aliphatic hydroxyl groups excluding tert-OH is 1. The number of aliphatic hydroxyl groups is 1. The standard InChI is InChI=1S/C11H20O2/c1-7(2)11-6-5-10(4,13-11)9(12)8(11)3/h7-9,12H,5-6H2,1-4H3/t8-,9+,10-,11-/m0/s1. The fraction of sp³-hybridized carbons (Fsp3) is 1.00. The quantitative estimate of drug-likeness (QED) is 0.675. The molecule has 0 aromatic carbocycles. The monoisotopic (exact) mass is 184 g/mol. The van der Waals surface area contributed by atoms with Crippen LogP contribution in [0.1, 0.15) is 40.5 Å². The molecule has 0 spiro atoms. The minimum atomic E-state index is -0.274. The fourth-order valence-corrected chi connectivity index (χ4v) is 3.24. The summed E-state index contributed by atoms with van der Waals surface area (Å²) in [6, 6.07) is 0. The second kappa shape index (κ2) is 2.48. The highest BCUT2D eigenvalue weighted by Crippen LogP contribution is 2.56. The first-order chi connectivity index (χ1) is 5.92. The van der Waals surface area contributed by atoms with Crippen LogP contribution in [0, 0.1) is 11.8 Å². The Morgan fingerprint density at radius 3 is 2.31 bits per heavy atom. The lowest BCUT2D eigenvalue weighted by molar-refractivity contribution is -0.0839. The lowest BCUT2D eigenvalue weighted by atomic mass is 9.69. The van der Waals surface area contributed by atoms with Gasteiger partial charge < -0.3 is 9.84 Å². The average molecular weight is 184 g/mol. The third kappa shape index (κ3) is 0.962. The van der Waals surface area contributed by atoms with Crippen LogP contribution in [0.15, 0.2) is 0 Å². The van der Waals surface area contributed by atoms with Gasteiger partial charge in [0.1, 0.15) is 0 Å². The summed E-state index contributed by atoms with van der Waals surface area (Å²) < 4.78 is 6.08. The van der Waals surface area contributed by atoms with Crippen molar-refractivity contribution in [2.75, 3.05) is 0 Å². The Labute approximate surface area is 80.3 Å². The van der Waals surface area contributed by atoms with Gasteiger partial charge in [0.15, 0.2) is 0 Å². The molecule has 2 rings (SSSR count). The molecule has 1 N–H and O–H groups in total. The van der Waals surface area contributed by atoms with Crippen molar-refractivity contribution in [3.05, 3.63) is 0 Å². The van der Waals surface area contributed by atoms with Crippen molar-refractivity contribution < 1.29 is 9.84 Å². The van der Waals surface area contributed by atoms with Crippen molar-refractivity contribution in [2.45, 2.75) is 57.8 Å². The molecule has 2 aliphatic rings. The van der Waals surface area contributed by atoms with Gasteiger partial charge >= 0.3 is 0 Å². The highest BCUT2D eigenvalue weighted by Gasteiger charge is 2.64. The zero-order chi connectivity index (χ0) is 9.85. The number of hydrogen-bond donors (Lipinski definition) is 1. The summed E-state index contributed by atoms with van der Waals surface area (Å²) in [7, 11) is 0. The molecule has 4 atom stereocenters. The van der Waals surface area contributed by atoms with E-state index in [1.54, 1.807) is 0 Å². The molecule has 2 heterocycles. The molecule has 13 heavy (non-hydrogen) atoms. The first kappa shape index (κ1) is 9.47. The minimum Gasteiger partial charge on any atom is -0.390 e. The molecule has 2 nitrogen and oxygen atoms in total. The molecule has 2 saturated heterocycles. The van der Waals surface area contributed by atoms with Crippen molar-refractivity contribution >= 4 is 0 Å². The van der Waals surface area contributed by atoms with E-state index in [0.29, 0.717) is 5.92 Å². The molecule has 2 heteroatoms. The van der Waals surface area contributed by atoms with E-state index >= 15 is 0 Å². The second-order valence-electron chi connectivity index (χ2n) is 5.26. The van der Waals surface area contributed by atoms with Crippen molar-refractivity contribution in [1.29, 1.82) is 0 Å². The SMILES string of the molecule is CC(C)[C@]12CC[C@](C)(O1)[C@H](O)[C@@H]2C. The van der Waals surface area contributed by atoms with Crippen LogP contribution in [0.4, 0.5) is 0 Å². The number of hydrogen-bond acceptors (Lipinski definition) is 2. The Morgan fingerprint density at radius 2 is 2.00 bits per heavy atom. The zero-order valence-electron chi connectivity index (χ0n) is 9.00. The van der Waals surface area contributed by atoms with Crippen LogP contribution in [0.2, 0.25) is 0 Å².